The third-order valence-electron chi connectivity index (χ3n) is 6.17. The van der Waals surface area contributed by atoms with E-state index in [1.165, 1.54) is 11.1 Å². The molecular formula is C28H35N5O. The van der Waals surface area contributed by atoms with Gasteiger partial charge >= 0.3 is 6.03 Å². The maximum absolute atomic E-state index is 12.3. The van der Waals surface area contributed by atoms with Gasteiger partial charge in [-0.3, -0.25) is 0 Å². The molecule has 1 heterocycles. The maximum Gasteiger partial charge on any atom is 0.323 e. The Kier molecular flexibility index (Phi) is 8.30. The number of nitrogens with two attached hydrogens (primary N) is 1. The number of urea groups is 1. The van der Waals surface area contributed by atoms with Gasteiger partial charge in [0.15, 0.2) is 0 Å². The van der Waals surface area contributed by atoms with Gasteiger partial charge in [0.2, 0.25) is 0 Å². The molecule has 1 unspecified atom stereocenters. The summed E-state index contributed by atoms with van der Waals surface area (Å²) in [4.78, 5) is 17.1. The Labute approximate surface area is 202 Å². The number of benzene rings is 2. The van der Waals surface area contributed by atoms with Crippen LogP contribution in [0.15, 0.2) is 82.5 Å². The van der Waals surface area contributed by atoms with Crippen LogP contribution < -0.4 is 21.7 Å². The van der Waals surface area contributed by atoms with Crippen molar-refractivity contribution in [2.24, 2.45) is 10.9 Å². The van der Waals surface area contributed by atoms with Crippen LogP contribution in [0, 0.1) is 5.92 Å². The number of carbonyl (C=O) groups is 1. The van der Waals surface area contributed by atoms with Crippen molar-refractivity contribution in [1.29, 1.82) is 0 Å². The molecule has 0 aliphatic carbocycles. The predicted molar refractivity (Wildman–Crippen MR) is 145 cm³/mol. The first-order valence-electron chi connectivity index (χ1n) is 11.8. The lowest BCUT2D eigenvalue weighted by molar-refractivity contribution is 0.262. The number of carbonyl (C=O) groups excluding carboxylic acids is 1. The molecule has 2 aromatic rings. The second-order valence-corrected chi connectivity index (χ2v) is 8.67. The van der Waals surface area contributed by atoms with Gasteiger partial charge in [-0.05, 0) is 80.6 Å². The molecule has 2 aromatic carbocycles. The lowest BCUT2D eigenvalue weighted by atomic mass is 9.94. The molecule has 0 fully saturated rings. The van der Waals surface area contributed by atoms with Gasteiger partial charge in [0, 0.05) is 34.5 Å². The lowest BCUT2D eigenvalue weighted by Gasteiger charge is -2.12. The quantitative estimate of drug-likeness (QED) is 0.340. The standard InChI is InChI=1S/C28H35N5O/c1-6-18(3)17-30-27-25(20(5)19(4)7-2)16-26(33-27)21-8-12-23(13-9-21)31-28(34)32-24-14-10-22(29)11-15-24/h8-17,19H,6-7,29H2,1-5H3,(H,30,33)(H2,31,32,34)/b18-17?,25-20+. The second kappa shape index (κ2) is 11.4. The molecule has 1 aliphatic heterocycles. The fourth-order valence-electron chi connectivity index (χ4n) is 3.43. The molecule has 5 N–H and O–H groups in total. The first-order valence-corrected chi connectivity index (χ1v) is 11.8. The van der Waals surface area contributed by atoms with Crippen LogP contribution in [-0.4, -0.2) is 11.9 Å². The molecule has 0 spiro atoms. The third-order valence-corrected chi connectivity index (χ3v) is 6.17. The molecule has 6 heteroatoms. The number of hydrogen-bond acceptors (Lipinski definition) is 3. The fraction of sp³-hybridized carbons (Fsp3) is 0.286. The summed E-state index contributed by atoms with van der Waals surface area (Å²) in [7, 11) is 0. The molecule has 1 aliphatic rings. The van der Waals surface area contributed by atoms with E-state index < -0.39 is 0 Å². The summed E-state index contributed by atoms with van der Waals surface area (Å²) in [6.07, 6.45) is 6.16. The monoisotopic (exact) mass is 457 g/mol. The summed E-state index contributed by atoms with van der Waals surface area (Å²) < 4.78 is 0. The van der Waals surface area contributed by atoms with Crippen LogP contribution in [0.1, 0.15) is 53.0 Å². The summed E-state index contributed by atoms with van der Waals surface area (Å²) >= 11 is 0. The predicted octanol–water partition coefficient (Wildman–Crippen LogP) is 6.93. The van der Waals surface area contributed by atoms with E-state index >= 15 is 0 Å². The van der Waals surface area contributed by atoms with Gasteiger partial charge in [-0.1, -0.05) is 44.1 Å². The normalized spacial score (nSPS) is 17.1. The maximum atomic E-state index is 12.3. The van der Waals surface area contributed by atoms with Gasteiger partial charge in [-0.15, -0.1) is 0 Å². The van der Waals surface area contributed by atoms with Gasteiger partial charge in [-0.25, -0.2) is 9.79 Å². The SMILES string of the molecule is CCC(C)=CN=C1NC(c2ccc(NC(=O)Nc3ccc(N)cc3)cc2)=C/C1=C(/C)C(C)CC. The van der Waals surface area contributed by atoms with Crippen molar-refractivity contribution in [3.05, 3.63) is 83.1 Å². The van der Waals surface area contributed by atoms with Crippen molar-refractivity contribution in [3.63, 3.8) is 0 Å². The molecule has 0 aromatic heterocycles. The van der Waals surface area contributed by atoms with Gasteiger partial charge in [-0.2, -0.15) is 0 Å². The Morgan fingerprint density at radius 2 is 1.62 bits per heavy atom. The highest BCUT2D eigenvalue weighted by atomic mass is 16.2. The van der Waals surface area contributed by atoms with Crippen LogP contribution in [-0.2, 0) is 0 Å². The smallest absolute Gasteiger partial charge is 0.323 e. The highest BCUT2D eigenvalue weighted by Crippen LogP contribution is 2.28. The Hall–Kier alpha value is -3.80. The number of hydrogen-bond donors (Lipinski definition) is 4. The van der Waals surface area contributed by atoms with Crippen LogP contribution >= 0.6 is 0 Å². The zero-order valence-electron chi connectivity index (χ0n) is 20.7. The van der Waals surface area contributed by atoms with E-state index in [0.717, 1.165) is 35.5 Å². The summed E-state index contributed by atoms with van der Waals surface area (Å²) in [6.45, 7) is 10.9. The summed E-state index contributed by atoms with van der Waals surface area (Å²) in [5, 5.41) is 9.15. The van der Waals surface area contributed by atoms with E-state index in [9.17, 15) is 4.79 Å². The van der Waals surface area contributed by atoms with E-state index in [0.29, 0.717) is 23.0 Å². The zero-order valence-corrected chi connectivity index (χ0v) is 20.7. The molecule has 178 valence electrons. The van der Waals surface area contributed by atoms with Crippen LogP contribution in [0.25, 0.3) is 5.70 Å². The highest BCUT2D eigenvalue weighted by Gasteiger charge is 2.21. The van der Waals surface area contributed by atoms with Crippen molar-refractivity contribution in [1.82, 2.24) is 5.32 Å². The topological polar surface area (TPSA) is 91.5 Å². The van der Waals surface area contributed by atoms with E-state index in [4.69, 9.17) is 10.7 Å². The molecule has 34 heavy (non-hydrogen) atoms. The van der Waals surface area contributed by atoms with Gasteiger partial charge in [0.05, 0.1) is 0 Å². The summed E-state index contributed by atoms with van der Waals surface area (Å²) in [5.74, 6) is 1.35. The van der Waals surface area contributed by atoms with Crippen molar-refractivity contribution < 1.29 is 4.79 Å². The molecule has 0 radical (unpaired) electrons. The molecule has 2 amide bonds. The Balaban J connectivity index is 1.77. The summed E-state index contributed by atoms with van der Waals surface area (Å²) in [6, 6.07) is 14.5. The molecule has 3 rings (SSSR count). The van der Waals surface area contributed by atoms with E-state index in [1.54, 1.807) is 24.3 Å². The van der Waals surface area contributed by atoms with E-state index in [-0.39, 0.29) is 6.03 Å². The van der Waals surface area contributed by atoms with E-state index in [1.807, 2.05) is 30.5 Å². The van der Waals surface area contributed by atoms with Crippen LogP contribution in [0.5, 0.6) is 0 Å². The lowest BCUT2D eigenvalue weighted by Crippen LogP contribution is -2.19. The number of anilines is 3. The molecule has 0 bridgehead atoms. The first kappa shape index (κ1) is 24.8. The number of aliphatic imine (C=N–C) groups is 1. The number of allylic oxidation sites excluding steroid dienone is 2. The van der Waals surface area contributed by atoms with E-state index in [2.05, 4.69) is 56.6 Å². The number of amidine groups is 1. The average Bonchev–Trinajstić information content (AvgIpc) is 3.27. The van der Waals surface area contributed by atoms with Crippen molar-refractivity contribution >= 4 is 34.6 Å². The minimum absolute atomic E-state index is 0.308. The highest BCUT2D eigenvalue weighted by molar-refractivity contribution is 6.12. The van der Waals surface area contributed by atoms with Crippen LogP contribution in [0.2, 0.25) is 0 Å². The van der Waals surface area contributed by atoms with Crippen molar-refractivity contribution in [3.8, 4) is 0 Å². The number of nitrogens with zero attached hydrogens (tertiary/aromatic N) is 1. The first-order chi connectivity index (χ1) is 16.3. The molecule has 1 atom stereocenters. The Morgan fingerprint density at radius 3 is 2.18 bits per heavy atom. The third kappa shape index (κ3) is 6.38. The van der Waals surface area contributed by atoms with Gasteiger partial charge in [0.25, 0.3) is 0 Å². The number of nitrogen functional groups attached to an aromatic ring is 1. The van der Waals surface area contributed by atoms with Gasteiger partial charge in [0.1, 0.15) is 5.84 Å². The number of nitrogens with one attached hydrogen (secondary N) is 3. The zero-order chi connectivity index (χ0) is 24.7. The van der Waals surface area contributed by atoms with Gasteiger partial charge < -0.3 is 21.7 Å². The fourth-order valence-corrected chi connectivity index (χ4v) is 3.43. The molecule has 0 saturated heterocycles. The number of amides is 2. The Morgan fingerprint density at radius 1 is 1.03 bits per heavy atom. The summed E-state index contributed by atoms with van der Waals surface area (Å²) in [5.41, 5.74) is 13.5. The average molecular weight is 458 g/mol. The van der Waals surface area contributed by atoms with Crippen LogP contribution in [0.3, 0.4) is 0 Å². The molecular weight excluding hydrogens is 422 g/mol. The number of rotatable bonds is 7. The van der Waals surface area contributed by atoms with Crippen molar-refractivity contribution in [2.45, 2.75) is 47.5 Å². The molecule has 0 saturated carbocycles. The minimum Gasteiger partial charge on any atom is -0.399 e. The largest absolute Gasteiger partial charge is 0.399 e. The second-order valence-electron chi connectivity index (χ2n) is 8.67. The minimum atomic E-state index is -0.308. The van der Waals surface area contributed by atoms with Crippen molar-refractivity contribution in [2.75, 3.05) is 16.4 Å². The Bertz CT molecular complexity index is 1140. The molecule has 6 nitrogen and oxygen atoms in total. The van der Waals surface area contributed by atoms with Crippen LogP contribution in [0.4, 0.5) is 21.9 Å².